The zero-order valence-electron chi connectivity index (χ0n) is 15.3. The number of aromatic nitrogens is 5. The quantitative estimate of drug-likeness (QED) is 0.476. The zero-order chi connectivity index (χ0) is 18.9. The molecule has 0 amide bonds. The maximum atomic E-state index is 6.05. The summed E-state index contributed by atoms with van der Waals surface area (Å²) < 4.78 is 7.79. The van der Waals surface area contributed by atoms with Gasteiger partial charge in [0.25, 0.3) is 0 Å². The Hall–Kier alpha value is -3.80. The average molecular weight is 367 g/mol. The van der Waals surface area contributed by atoms with Gasteiger partial charge in [0.15, 0.2) is 11.5 Å². The number of benzene rings is 2. The number of fused-ring (bicyclic) bond motifs is 2. The molecule has 0 aliphatic rings. The largest absolute Gasteiger partial charge is 0.485 e. The standard InChI is InChI=1S/C22H17N5O/c1-15-7-8-17-19(13-15)23-12-11-20(17)28-14-22-25-24-21-10-9-18(26-27(21)22)16-5-3-2-4-6-16/h2-13H,14H2,1H3. The van der Waals surface area contributed by atoms with Crippen LogP contribution in [0.2, 0.25) is 0 Å². The molecule has 0 radical (unpaired) electrons. The van der Waals surface area contributed by atoms with Gasteiger partial charge in [-0.2, -0.15) is 9.61 Å². The smallest absolute Gasteiger partial charge is 0.192 e. The van der Waals surface area contributed by atoms with Crippen LogP contribution in [0.25, 0.3) is 27.8 Å². The van der Waals surface area contributed by atoms with Crippen LogP contribution in [0.5, 0.6) is 5.75 Å². The Morgan fingerprint density at radius 3 is 2.71 bits per heavy atom. The Bertz CT molecular complexity index is 1280. The third-order valence-electron chi connectivity index (χ3n) is 4.61. The van der Waals surface area contributed by atoms with Gasteiger partial charge in [-0.3, -0.25) is 4.98 Å². The van der Waals surface area contributed by atoms with Crippen molar-refractivity contribution in [2.75, 3.05) is 0 Å². The Labute approximate surface area is 161 Å². The predicted octanol–water partition coefficient (Wildman–Crippen LogP) is 4.23. The minimum Gasteiger partial charge on any atom is -0.485 e. The fourth-order valence-corrected chi connectivity index (χ4v) is 3.19. The van der Waals surface area contributed by atoms with Gasteiger partial charge in [-0.1, -0.05) is 36.4 Å². The molecule has 6 nitrogen and oxygen atoms in total. The van der Waals surface area contributed by atoms with Crippen LogP contribution < -0.4 is 4.74 Å². The molecule has 5 rings (SSSR count). The summed E-state index contributed by atoms with van der Waals surface area (Å²) in [6.07, 6.45) is 1.75. The highest BCUT2D eigenvalue weighted by Crippen LogP contribution is 2.25. The van der Waals surface area contributed by atoms with Gasteiger partial charge < -0.3 is 4.74 Å². The predicted molar refractivity (Wildman–Crippen MR) is 107 cm³/mol. The van der Waals surface area contributed by atoms with Crippen molar-refractivity contribution in [1.82, 2.24) is 24.8 Å². The van der Waals surface area contributed by atoms with Crippen LogP contribution in [-0.4, -0.2) is 24.8 Å². The fourth-order valence-electron chi connectivity index (χ4n) is 3.19. The number of pyridine rings is 1. The highest BCUT2D eigenvalue weighted by molar-refractivity contribution is 5.85. The van der Waals surface area contributed by atoms with Gasteiger partial charge in [0.05, 0.1) is 11.2 Å². The number of ether oxygens (including phenoxy) is 1. The van der Waals surface area contributed by atoms with Gasteiger partial charge in [0, 0.05) is 17.1 Å². The van der Waals surface area contributed by atoms with Crippen LogP contribution >= 0.6 is 0 Å². The van der Waals surface area contributed by atoms with Crippen LogP contribution in [-0.2, 0) is 6.61 Å². The molecule has 0 aliphatic heterocycles. The van der Waals surface area contributed by atoms with E-state index in [4.69, 9.17) is 9.84 Å². The second kappa shape index (κ2) is 6.74. The van der Waals surface area contributed by atoms with E-state index in [0.29, 0.717) is 11.5 Å². The van der Waals surface area contributed by atoms with E-state index in [1.165, 1.54) is 5.56 Å². The van der Waals surface area contributed by atoms with Crippen molar-refractivity contribution in [2.24, 2.45) is 0 Å². The third-order valence-corrected chi connectivity index (χ3v) is 4.61. The second-order valence-corrected chi connectivity index (χ2v) is 6.59. The van der Waals surface area contributed by atoms with Crippen molar-refractivity contribution >= 4 is 16.6 Å². The zero-order valence-corrected chi connectivity index (χ0v) is 15.3. The monoisotopic (exact) mass is 367 g/mol. The molecule has 5 aromatic rings. The molecule has 2 aromatic carbocycles. The van der Waals surface area contributed by atoms with E-state index in [2.05, 4.69) is 21.2 Å². The lowest BCUT2D eigenvalue weighted by atomic mass is 10.1. The number of rotatable bonds is 4. The van der Waals surface area contributed by atoms with E-state index < -0.39 is 0 Å². The number of hydrogen-bond donors (Lipinski definition) is 0. The molecule has 0 N–H and O–H groups in total. The van der Waals surface area contributed by atoms with E-state index in [1.54, 1.807) is 10.7 Å². The van der Waals surface area contributed by atoms with Crippen molar-refractivity contribution in [2.45, 2.75) is 13.5 Å². The summed E-state index contributed by atoms with van der Waals surface area (Å²) in [6, 6.07) is 21.9. The van der Waals surface area contributed by atoms with Gasteiger partial charge in [-0.25, -0.2) is 0 Å². The van der Waals surface area contributed by atoms with Crippen LogP contribution in [0.1, 0.15) is 11.4 Å². The van der Waals surface area contributed by atoms with Gasteiger partial charge in [0.2, 0.25) is 0 Å². The first-order valence-electron chi connectivity index (χ1n) is 9.03. The summed E-state index contributed by atoms with van der Waals surface area (Å²) >= 11 is 0. The van der Waals surface area contributed by atoms with Gasteiger partial charge in [0.1, 0.15) is 12.4 Å². The fraction of sp³-hybridized carbons (Fsp3) is 0.0909. The minimum atomic E-state index is 0.263. The molecule has 28 heavy (non-hydrogen) atoms. The van der Waals surface area contributed by atoms with E-state index in [-0.39, 0.29) is 6.61 Å². The van der Waals surface area contributed by atoms with Crippen LogP contribution in [0.4, 0.5) is 0 Å². The number of nitrogens with zero attached hydrogens (tertiary/aromatic N) is 5. The average Bonchev–Trinajstić information content (AvgIpc) is 3.15. The first-order chi connectivity index (χ1) is 13.8. The van der Waals surface area contributed by atoms with Gasteiger partial charge in [-0.15, -0.1) is 10.2 Å². The lowest BCUT2D eigenvalue weighted by Gasteiger charge is -2.08. The molecule has 0 aliphatic carbocycles. The molecular weight excluding hydrogens is 350 g/mol. The molecular formula is C22H17N5O. The lowest BCUT2D eigenvalue weighted by Crippen LogP contribution is -2.05. The summed E-state index contributed by atoms with van der Waals surface area (Å²) in [5.74, 6) is 1.41. The summed E-state index contributed by atoms with van der Waals surface area (Å²) in [5.41, 5.74) is 4.67. The van der Waals surface area contributed by atoms with E-state index in [0.717, 1.165) is 27.9 Å². The first-order valence-corrected chi connectivity index (χ1v) is 9.03. The maximum Gasteiger partial charge on any atom is 0.192 e. The molecule has 0 unspecified atom stereocenters. The molecule has 0 fully saturated rings. The lowest BCUT2D eigenvalue weighted by molar-refractivity contribution is 0.296. The Balaban J connectivity index is 1.47. The topological polar surface area (TPSA) is 65.2 Å². The van der Waals surface area contributed by atoms with Crippen molar-refractivity contribution in [3.05, 3.63) is 84.3 Å². The van der Waals surface area contributed by atoms with Crippen molar-refractivity contribution in [3.8, 4) is 17.0 Å². The summed E-state index contributed by atoms with van der Waals surface area (Å²) in [7, 11) is 0. The van der Waals surface area contributed by atoms with Gasteiger partial charge in [-0.05, 0) is 42.8 Å². The first kappa shape index (κ1) is 16.4. The minimum absolute atomic E-state index is 0.263. The molecule has 0 spiro atoms. The molecule has 0 saturated heterocycles. The number of hydrogen-bond acceptors (Lipinski definition) is 5. The molecule has 0 atom stereocenters. The van der Waals surface area contributed by atoms with Crippen molar-refractivity contribution in [3.63, 3.8) is 0 Å². The van der Waals surface area contributed by atoms with E-state index in [9.17, 15) is 0 Å². The Morgan fingerprint density at radius 2 is 1.82 bits per heavy atom. The normalized spacial score (nSPS) is 11.2. The Morgan fingerprint density at radius 1 is 0.929 bits per heavy atom. The maximum absolute atomic E-state index is 6.05. The van der Waals surface area contributed by atoms with Gasteiger partial charge >= 0.3 is 0 Å². The van der Waals surface area contributed by atoms with Crippen LogP contribution in [0, 0.1) is 6.92 Å². The summed E-state index contributed by atoms with van der Waals surface area (Å²) in [5, 5.41) is 14.1. The molecule has 0 saturated carbocycles. The summed E-state index contributed by atoms with van der Waals surface area (Å²) in [6.45, 7) is 2.31. The summed E-state index contributed by atoms with van der Waals surface area (Å²) in [4.78, 5) is 4.42. The molecule has 3 heterocycles. The molecule has 3 aromatic heterocycles. The molecule has 0 bridgehead atoms. The highest BCUT2D eigenvalue weighted by atomic mass is 16.5. The van der Waals surface area contributed by atoms with Crippen LogP contribution in [0.3, 0.4) is 0 Å². The van der Waals surface area contributed by atoms with E-state index in [1.807, 2.05) is 67.6 Å². The SMILES string of the molecule is Cc1ccc2c(OCc3nnc4ccc(-c5ccccc5)nn34)ccnc2c1. The van der Waals surface area contributed by atoms with Crippen molar-refractivity contribution < 1.29 is 4.74 Å². The second-order valence-electron chi connectivity index (χ2n) is 6.59. The van der Waals surface area contributed by atoms with E-state index >= 15 is 0 Å². The van der Waals surface area contributed by atoms with Crippen molar-refractivity contribution in [1.29, 1.82) is 0 Å². The molecule has 136 valence electrons. The third kappa shape index (κ3) is 2.95. The highest BCUT2D eigenvalue weighted by Gasteiger charge is 2.11. The van der Waals surface area contributed by atoms with Crippen LogP contribution in [0.15, 0.2) is 72.9 Å². The molecule has 6 heteroatoms. The Kier molecular flexibility index (Phi) is 3.94. The number of aryl methyl sites for hydroxylation is 1.